The topological polar surface area (TPSA) is 58.3 Å². The molecule has 1 fully saturated rings. The van der Waals surface area contributed by atoms with Crippen LogP contribution in [0.1, 0.15) is 39.2 Å². The average molecular weight is 263 g/mol. The molecule has 106 valence electrons. The highest BCUT2D eigenvalue weighted by atomic mass is 15.3. The average Bonchev–Trinajstić information content (AvgIpc) is 2.34. The summed E-state index contributed by atoms with van der Waals surface area (Å²) in [5.74, 6) is 1.95. The van der Waals surface area contributed by atoms with Crippen molar-refractivity contribution >= 4 is 11.6 Å². The van der Waals surface area contributed by atoms with Crippen molar-refractivity contribution in [2.24, 2.45) is 0 Å². The molecule has 2 unspecified atom stereocenters. The molecule has 19 heavy (non-hydrogen) atoms. The highest BCUT2D eigenvalue weighted by molar-refractivity contribution is 5.58. The summed E-state index contributed by atoms with van der Waals surface area (Å²) in [5, 5.41) is 0. The van der Waals surface area contributed by atoms with Gasteiger partial charge in [0.1, 0.15) is 18.0 Å². The molecule has 1 aromatic rings. The zero-order valence-electron chi connectivity index (χ0n) is 12.6. The van der Waals surface area contributed by atoms with Gasteiger partial charge in [-0.15, -0.1) is 0 Å². The van der Waals surface area contributed by atoms with Crippen LogP contribution in [0.2, 0.25) is 0 Å². The van der Waals surface area contributed by atoms with Crippen molar-refractivity contribution in [3.63, 3.8) is 0 Å². The molecule has 2 rings (SSSR count). The minimum atomic E-state index is 0.335. The SMILES string of the molecule is CC(C)c1c(N)ncnc1N1CC(C)N(C)C(C)C1. The van der Waals surface area contributed by atoms with Crippen LogP contribution in [0.4, 0.5) is 11.6 Å². The Morgan fingerprint density at radius 3 is 2.32 bits per heavy atom. The second kappa shape index (κ2) is 5.33. The number of nitrogens with zero attached hydrogens (tertiary/aromatic N) is 4. The highest BCUT2D eigenvalue weighted by Gasteiger charge is 2.29. The van der Waals surface area contributed by atoms with Crippen LogP contribution in [0.3, 0.4) is 0 Å². The number of piperazine rings is 1. The van der Waals surface area contributed by atoms with E-state index >= 15 is 0 Å². The Kier molecular flexibility index (Phi) is 3.94. The predicted molar refractivity (Wildman–Crippen MR) is 79.4 cm³/mol. The largest absolute Gasteiger partial charge is 0.383 e. The Hall–Kier alpha value is -1.36. The van der Waals surface area contributed by atoms with Crippen LogP contribution in [-0.4, -0.2) is 47.1 Å². The zero-order chi connectivity index (χ0) is 14.2. The number of anilines is 2. The lowest BCUT2D eigenvalue weighted by atomic mass is 10.0. The first-order valence-electron chi connectivity index (χ1n) is 6.99. The van der Waals surface area contributed by atoms with Crippen molar-refractivity contribution in [2.45, 2.75) is 45.7 Å². The summed E-state index contributed by atoms with van der Waals surface area (Å²) in [6, 6.07) is 1.03. The number of aromatic nitrogens is 2. The number of likely N-dealkylation sites (N-methyl/N-ethyl adjacent to an activating group) is 1. The van der Waals surface area contributed by atoms with Crippen molar-refractivity contribution in [3.8, 4) is 0 Å². The predicted octanol–water partition coefficient (Wildman–Crippen LogP) is 1.71. The Bertz CT molecular complexity index is 433. The van der Waals surface area contributed by atoms with E-state index in [2.05, 4.69) is 54.5 Å². The minimum Gasteiger partial charge on any atom is -0.383 e. The number of hydrogen-bond donors (Lipinski definition) is 1. The van der Waals surface area contributed by atoms with Gasteiger partial charge in [0, 0.05) is 30.7 Å². The van der Waals surface area contributed by atoms with E-state index in [1.54, 1.807) is 6.33 Å². The first-order chi connectivity index (χ1) is 8.91. The number of nitrogen functional groups attached to an aromatic ring is 1. The minimum absolute atomic E-state index is 0.335. The van der Waals surface area contributed by atoms with Crippen LogP contribution in [0.25, 0.3) is 0 Å². The molecule has 1 saturated heterocycles. The molecule has 5 heteroatoms. The van der Waals surface area contributed by atoms with Gasteiger partial charge in [-0.2, -0.15) is 0 Å². The van der Waals surface area contributed by atoms with E-state index in [-0.39, 0.29) is 0 Å². The van der Waals surface area contributed by atoms with Gasteiger partial charge < -0.3 is 10.6 Å². The molecule has 0 bridgehead atoms. The third-order valence-electron chi connectivity index (χ3n) is 4.13. The number of hydrogen-bond acceptors (Lipinski definition) is 5. The van der Waals surface area contributed by atoms with Crippen LogP contribution >= 0.6 is 0 Å². The molecule has 2 heterocycles. The number of nitrogens with two attached hydrogens (primary N) is 1. The molecule has 0 radical (unpaired) electrons. The monoisotopic (exact) mass is 263 g/mol. The fourth-order valence-corrected chi connectivity index (χ4v) is 2.78. The molecule has 0 saturated carbocycles. The second-order valence-corrected chi connectivity index (χ2v) is 5.92. The maximum atomic E-state index is 6.04. The van der Waals surface area contributed by atoms with Gasteiger partial charge in [-0.25, -0.2) is 9.97 Å². The molecule has 2 N–H and O–H groups in total. The summed E-state index contributed by atoms with van der Waals surface area (Å²) in [6.07, 6.45) is 1.57. The fourth-order valence-electron chi connectivity index (χ4n) is 2.78. The Morgan fingerprint density at radius 1 is 1.21 bits per heavy atom. The Morgan fingerprint density at radius 2 is 1.79 bits per heavy atom. The van der Waals surface area contributed by atoms with Gasteiger partial charge in [-0.3, -0.25) is 4.90 Å². The van der Waals surface area contributed by atoms with Gasteiger partial charge in [0.25, 0.3) is 0 Å². The Balaban J connectivity index is 2.35. The first kappa shape index (κ1) is 14.1. The van der Waals surface area contributed by atoms with Gasteiger partial charge in [0.2, 0.25) is 0 Å². The van der Waals surface area contributed by atoms with Crippen LogP contribution < -0.4 is 10.6 Å². The van der Waals surface area contributed by atoms with Crippen molar-refractivity contribution in [2.75, 3.05) is 30.8 Å². The summed E-state index contributed by atoms with van der Waals surface area (Å²) in [6.45, 7) is 10.8. The maximum absolute atomic E-state index is 6.04. The molecule has 0 amide bonds. The van der Waals surface area contributed by atoms with Crippen molar-refractivity contribution in [1.29, 1.82) is 0 Å². The van der Waals surface area contributed by atoms with E-state index in [9.17, 15) is 0 Å². The lowest BCUT2D eigenvalue weighted by molar-refractivity contribution is 0.169. The summed E-state index contributed by atoms with van der Waals surface area (Å²) in [7, 11) is 2.18. The number of rotatable bonds is 2. The van der Waals surface area contributed by atoms with Crippen LogP contribution in [0, 0.1) is 0 Å². The van der Waals surface area contributed by atoms with Crippen molar-refractivity contribution in [1.82, 2.24) is 14.9 Å². The van der Waals surface area contributed by atoms with Crippen molar-refractivity contribution in [3.05, 3.63) is 11.9 Å². The van der Waals surface area contributed by atoms with E-state index in [4.69, 9.17) is 5.73 Å². The lowest BCUT2D eigenvalue weighted by Crippen LogP contribution is -2.55. The summed E-state index contributed by atoms with van der Waals surface area (Å²) in [4.78, 5) is 13.4. The second-order valence-electron chi connectivity index (χ2n) is 5.92. The van der Waals surface area contributed by atoms with E-state index in [0.717, 1.165) is 24.5 Å². The van der Waals surface area contributed by atoms with Crippen LogP contribution in [0.5, 0.6) is 0 Å². The van der Waals surface area contributed by atoms with Gasteiger partial charge in [0.15, 0.2) is 0 Å². The molecule has 2 atom stereocenters. The molecule has 0 spiro atoms. The first-order valence-corrected chi connectivity index (χ1v) is 6.99. The van der Waals surface area contributed by atoms with Gasteiger partial charge in [-0.1, -0.05) is 13.8 Å². The molecule has 0 aliphatic carbocycles. The van der Waals surface area contributed by atoms with Crippen molar-refractivity contribution < 1.29 is 0 Å². The molecular weight excluding hydrogens is 238 g/mol. The van der Waals surface area contributed by atoms with E-state index in [0.29, 0.717) is 23.8 Å². The summed E-state index contributed by atoms with van der Waals surface area (Å²) < 4.78 is 0. The van der Waals surface area contributed by atoms with Crippen LogP contribution in [-0.2, 0) is 0 Å². The van der Waals surface area contributed by atoms with Gasteiger partial charge >= 0.3 is 0 Å². The lowest BCUT2D eigenvalue weighted by Gasteiger charge is -2.43. The fraction of sp³-hybridized carbons (Fsp3) is 0.714. The van der Waals surface area contributed by atoms with Crippen LogP contribution in [0.15, 0.2) is 6.33 Å². The summed E-state index contributed by atoms with van der Waals surface area (Å²) in [5.41, 5.74) is 7.11. The molecular formula is C14H25N5. The smallest absolute Gasteiger partial charge is 0.137 e. The highest BCUT2D eigenvalue weighted by Crippen LogP contribution is 2.31. The molecule has 1 aliphatic rings. The third kappa shape index (κ3) is 2.66. The summed E-state index contributed by atoms with van der Waals surface area (Å²) >= 11 is 0. The normalized spacial score (nSPS) is 25.1. The van der Waals surface area contributed by atoms with E-state index in [1.807, 2.05) is 0 Å². The third-order valence-corrected chi connectivity index (χ3v) is 4.13. The molecule has 5 nitrogen and oxygen atoms in total. The molecule has 0 aromatic carbocycles. The Labute approximate surface area is 115 Å². The quantitative estimate of drug-likeness (QED) is 0.880. The zero-order valence-corrected chi connectivity index (χ0v) is 12.6. The molecule has 1 aromatic heterocycles. The van der Waals surface area contributed by atoms with E-state index in [1.165, 1.54) is 0 Å². The van der Waals surface area contributed by atoms with Gasteiger partial charge in [-0.05, 0) is 26.8 Å². The molecule has 1 aliphatic heterocycles. The maximum Gasteiger partial charge on any atom is 0.137 e. The van der Waals surface area contributed by atoms with Gasteiger partial charge in [0.05, 0.1) is 0 Å². The van der Waals surface area contributed by atoms with E-state index < -0.39 is 0 Å². The standard InChI is InChI=1S/C14H25N5/c1-9(2)12-13(15)16-8-17-14(12)19-6-10(3)18(5)11(4)7-19/h8-11H,6-7H2,1-5H3,(H2,15,16,17).